The predicted molar refractivity (Wildman–Crippen MR) is 138 cm³/mol. The average molecular weight is 613 g/mol. The minimum absolute atomic E-state index is 0.277. The van der Waals surface area contributed by atoms with Crippen LogP contribution in [0, 0.1) is 0 Å². The van der Waals surface area contributed by atoms with Crippen molar-refractivity contribution in [3.63, 3.8) is 0 Å². The van der Waals surface area contributed by atoms with E-state index in [-0.39, 0.29) is 12.3 Å². The van der Waals surface area contributed by atoms with Crippen molar-refractivity contribution in [1.82, 2.24) is 19.1 Å². The Bertz CT molecular complexity index is 1440. The molecule has 4 N–H and O–H groups in total. The van der Waals surface area contributed by atoms with Gasteiger partial charge in [0.05, 0.1) is 27.4 Å². The van der Waals surface area contributed by atoms with Crippen LogP contribution in [0.2, 0.25) is 0 Å². The molecule has 0 aromatic carbocycles. The lowest BCUT2D eigenvalue weighted by Crippen LogP contribution is -2.37. The number of ether oxygens (including phenoxy) is 6. The van der Waals surface area contributed by atoms with E-state index in [9.17, 15) is 34.5 Å². The number of hydrogen-bond acceptors (Lipinski definition) is 16. The molecule has 2 aromatic heterocycles. The van der Waals surface area contributed by atoms with Gasteiger partial charge in [0.1, 0.15) is 36.6 Å². The Balaban J connectivity index is 0.000000199. The standard InChI is InChI=1S/C14H18N2O7.C11H14N2O7/c1-14(2)22-9-7(6-17)21-12(10(9)23-14)16-5-4-15-8(11(16)18)13(19)20-3;1-19-11(18)6-9(17)13(3-2-12-6)10-8(16)7(15)5(4-14)20-10/h4-5,7,9-10,12,17H,6H2,1-3H3;2-3,5,7-8,10,14-16H,4H2,1H3/t7-,9-,10-,12-;5-,7-,8-,10-/m11/s1. The molecule has 3 aliphatic rings. The van der Waals surface area contributed by atoms with Crippen LogP contribution in [-0.4, -0.2) is 121 Å². The number of esters is 2. The fraction of sp³-hybridized carbons (Fsp3) is 0.600. The number of methoxy groups -OCH3 is 2. The highest BCUT2D eigenvalue weighted by Gasteiger charge is 2.56. The van der Waals surface area contributed by atoms with E-state index in [0.29, 0.717) is 0 Å². The number of aromatic nitrogens is 4. The van der Waals surface area contributed by atoms with Crippen LogP contribution in [0.1, 0.15) is 47.3 Å². The summed E-state index contributed by atoms with van der Waals surface area (Å²) in [5.41, 5.74) is -2.29. The van der Waals surface area contributed by atoms with E-state index >= 15 is 0 Å². The van der Waals surface area contributed by atoms with Crippen molar-refractivity contribution in [2.75, 3.05) is 27.4 Å². The maximum atomic E-state index is 12.5. The zero-order valence-corrected chi connectivity index (χ0v) is 23.5. The van der Waals surface area contributed by atoms with Crippen LogP contribution in [0.5, 0.6) is 0 Å². The summed E-state index contributed by atoms with van der Waals surface area (Å²) < 4.78 is 33.5. The lowest BCUT2D eigenvalue weighted by atomic mass is 10.1. The van der Waals surface area contributed by atoms with Gasteiger partial charge in [0, 0.05) is 24.8 Å². The van der Waals surface area contributed by atoms with Gasteiger partial charge in [0.25, 0.3) is 11.1 Å². The molecule has 0 amide bonds. The summed E-state index contributed by atoms with van der Waals surface area (Å²) in [7, 11) is 2.27. The fourth-order valence-electron chi connectivity index (χ4n) is 4.86. The highest BCUT2D eigenvalue weighted by atomic mass is 16.8. The molecule has 0 spiro atoms. The van der Waals surface area contributed by atoms with Crippen molar-refractivity contribution in [2.45, 2.75) is 68.7 Å². The number of nitrogens with zero attached hydrogens (tertiary/aromatic N) is 4. The number of fused-ring (bicyclic) bond motifs is 1. The monoisotopic (exact) mass is 612 g/mol. The maximum absolute atomic E-state index is 12.5. The molecule has 5 heterocycles. The minimum Gasteiger partial charge on any atom is -0.464 e. The number of hydrogen-bond donors (Lipinski definition) is 4. The zero-order chi connectivity index (χ0) is 31.6. The molecule has 5 rings (SSSR count). The second-order valence-electron chi connectivity index (χ2n) is 10.0. The van der Waals surface area contributed by atoms with Gasteiger partial charge in [-0.15, -0.1) is 0 Å². The second-order valence-corrected chi connectivity index (χ2v) is 10.0. The molecule has 3 fully saturated rings. The molecular formula is C25H32N4O14. The molecule has 0 aliphatic carbocycles. The molecule has 18 nitrogen and oxygen atoms in total. The Morgan fingerprint density at radius 1 is 0.814 bits per heavy atom. The second kappa shape index (κ2) is 12.9. The van der Waals surface area contributed by atoms with Gasteiger partial charge in [-0.25, -0.2) is 19.6 Å². The third-order valence-corrected chi connectivity index (χ3v) is 6.86. The van der Waals surface area contributed by atoms with Crippen LogP contribution in [0.15, 0.2) is 34.4 Å². The molecule has 8 atom stereocenters. The normalized spacial score (nSPS) is 30.7. The van der Waals surface area contributed by atoms with Crippen LogP contribution in [0.4, 0.5) is 0 Å². The molecule has 0 radical (unpaired) electrons. The molecule has 2 aromatic rings. The van der Waals surface area contributed by atoms with Crippen molar-refractivity contribution < 1.29 is 58.4 Å². The summed E-state index contributed by atoms with van der Waals surface area (Å²) in [5.74, 6) is -2.61. The van der Waals surface area contributed by atoms with Crippen molar-refractivity contribution >= 4 is 11.9 Å². The summed E-state index contributed by atoms with van der Waals surface area (Å²) in [5, 5.41) is 38.0. The molecule has 3 saturated heterocycles. The minimum atomic E-state index is -1.42. The van der Waals surface area contributed by atoms with Crippen molar-refractivity contribution in [3.05, 3.63) is 56.9 Å². The van der Waals surface area contributed by atoms with Crippen molar-refractivity contribution in [2.24, 2.45) is 0 Å². The van der Waals surface area contributed by atoms with Crippen LogP contribution >= 0.6 is 0 Å². The van der Waals surface area contributed by atoms with Gasteiger partial charge in [-0.05, 0) is 13.8 Å². The molecule has 0 unspecified atom stereocenters. The number of aliphatic hydroxyl groups is 4. The van der Waals surface area contributed by atoms with E-state index in [4.69, 9.17) is 24.1 Å². The largest absolute Gasteiger partial charge is 0.464 e. The average Bonchev–Trinajstić information content (AvgIpc) is 3.59. The van der Waals surface area contributed by atoms with E-state index in [1.165, 1.54) is 36.5 Å². The van der Waals surface area contributed by atoms with E-state index in [1.807, 2.05) is 0 Å². The third-order valence-electron chi connectivity index (χ3n) is 6.86. The summed E-state index contributed by atoms with van der Waals surface area (Å²) in [4.78, 5) is 54.9. The van der Waals surface area contributed by atoms with E-state index in [0.717, 1.165) is 11.7 Å². The van der Waals surface area contributed by atoms with Gasteiger partial charge in [-0.1, -0.05) is 0 Å². The van der Waals surface area contributed by atoms with E-state index < -0.39 is 90.2 Å². The summed E-state index contributed by atoms with van der Waals surface area (Å²) >= 11 is 0. The highest BCUT2D eigenvalue weighted by molar-refractivity contribution is 5.87. The van der Waals surface area contributed by atoms with Crippen molar-refractivity contribution in [3.8, 4) is 0 Å². The first kappa shape index (κ1) is 32.3. The Morgan fingerprint density at radius 2 is 1.28 bits per heavy atom. The van der Waals surface area contributed by atoms with Gasteiger partial charge < -0.3 is 48.8 Å². The number of carbonyl (C=O) groups is 2. The Morgan fingerprint density at radius 3 is 1.74 bits per heavy atom. The number of rotatable bonds is 6. The van der Waals surface area contributed by atoms with Crippen LogP contribution in [0.25, 0.3) is 0 Å². The molecule has 236 valence electrons. The Kier molecular flexibility index (Phi) is 9.72. The first-order valence-corrected chi connectivity index (χ1v) is 12.9. The first-order chi connectivity index (χ1) is 20.4. The smallest absolute Gasteiger partial charge is 0.362 e. The van der Waals surface area contributed by atoms with E-state index in [2.05, 4.69) is 19.4 Å². The SMILES string of the molecule is COC(=O)c1nccn([C@@H]2O[C@H](CO)[C@@H](O)[C@H]2O)c1=O.COC(=O)c1nccn([C@@H]2O[C@H](CO)[C@H]3OC(C)(C)O[C@H]32)c1=O. The maximum Gasteiger partial charge on any atom is 0.362 e. The molecule has 3 aliphatic heterocycles. The fourth-order valence-corrected chi connectivity index (χ4v) is 4.86. The number of carbonyl (C=O) groups excluding carboxylic acids is 2. The first-order valence-electron chi connectivity index (χ1n) is 12.9. The summed E-state index contributed by atoms with van der Waals surface area (Å²) in [6.45, 7) is 2.69. The Labute approximate surface area is 242 Å². The van der Waals surface area contributed by atoms with Crippen LogP contribution < -0.4 is 11.1 Å². The van der Waals surface area contributed by atoms with Gasteiger partial charge in [-0.3, -0.25) is 18.7 Å². The van der Waals surface area contributed by atoms with Gasteiger partial charge in [-0.2, -0.15) is 0 Å². The molecule has 43 heavy (non-hydrogen) atoms. The quantitative estimate of drug-likeness (QED) is 0.239. The van der Waals surface area contributed by atoms with Crippen LogP contribution in [-0.2, 0) is 28.4 Å². The lowest BCUT2D eigenvalue weighted by Gasteiger charge is -2.24. The lowest BCUT2D eigenvalue weighted by molar-refractivity contribution is -0.200. The molecular weight excluding hydrogens is 580 g/mol. The topological polar surface area (TPSA) is 240 Å². The summed E-state index contributed by atoms with van der Waals surface area (Å²) in [6.07, 6.45) is -2.50. The Hall–Kier alpha value is -3.62. The van der Waals surface area contributed by atoms with Crippen LogP contribution in [0.3, 0.4) is 0 Å². The van der Waals surface area contributed by atoms with Gasteiger partial charge >= 0.3 is 11.9 Å². The summed E-state index contributed by atoms with van der Waals surface area (Å²) in [6, 6.07) is 0. The van der Waals surface area contributed by atoms with E-state index in [1.54, 1.807) is 13.8 Å². The third kappa shape index (κ3) is 6.22. The zero-order valence-electron chi connectivity index (χ0n) is 23.5. The molecule has 0 bridgehead atoms. The van der Waals surface area contributed by atoms with Crippen molar-refractivity contribution in [1.29, 1.82) is 0 Å². The van der Waals surface area contributed by atoms with Gasteiger partial charge in [0.2, 0.25) is 11.4 Å². The molecule has 18 heteroatoms. The number of aliphatic hydroxyl groups excluding tert-OH is 4. The highest BCUT2D eigenvalue weighted by Crippen LogP contribution is 2.42. The molecule has 0 saturated carbocycles. The van der Waals surface area contributed by atoms with Gasteiger partial charge in [0.15, 0.2) is 18.2 Å². The predicted octanol–water partition coefficient (Wildman–Crippen LogP) is -2.92.